The van der Waals surface area contributed by atoms with Crippen molar-refractivity contribution in [1.29, 1.82) is 0 Å². The van der Waals surface area contributed by atoms with Crippen molar-refractivity contribution in [3.63, 3.8) is 0 Å². The molecule has 2 rings (SSSR count). The lowest BCUT2D eigenvalue weighted by atomic mass is 10.1. The number of thioether (sulfide) groups is 1. The average molecular weight is 204 g/mol. The Bertz CT molecular complexity index is 451. The van der Waals surface area contributed by atoms with E-state index in [9.17, 15) is 5.11 Å². The largest absolute Gasteiger partial charge is 0.507 e. The van der Waals surface area contributed by atoms with Crippen LogP contribution in [-0.2, 0) is 5.75 Å². The lowest BCUT2D eigenvalue weighted by Crippen LogP contribution is -1.83. The molecule has 1 N–H and O–H groups in total. The molecule has 0 aromatic heterocycles. The molecule has 2 heteroatoms. The molecule has 0 atom stereocenters. The quantitative estimate of drug-likeness (QED) is 0.809. The fourth-order valence-corrected chi connectivity index (χ4v) is 2.19. The minimum absolute atomic E-state index is 0.366. The van der Waals surface area contributed by atoms with Crippen LogP contribution in [0.5, 0.6) is 5.75 Å². The minimum Gasteiger partial charge on any atom is -0.507 e. The van der Waals surface area contributed by atoms with Gasteiger partial charge in [0.25, 0.3) is 0 Å². The van der Waals surface area contributed by atoms with Crippen molar-refractivity contribution in [1.82, 2.24) is 0 Å². The maximum Gasteiger partial charge on any atom is 0.123 e. The highest BCUT2D eigenvalue weighted by Crippen LogP contribution is 2.28. The minimum atomic E-state index is 0.366. The Morgan fingerprint density at radius 1 is 1.07 bits per heavy atom. The monoisotopic (exact) mass is 204 g/mol. The first kappa shape index (κ1) is 9.41. The van der Waals surface area contributed by atoms with E-state index in [0.717, 1.165) is 16.5 Å². The zero-order valence-corrected chi connectivity index (χ0v) is 8.84. The summed E-state index contributed by atoms with van der Waals surface area (Å²) in [5, 5.41) is 11.8. The summed E-state index contributed by atoms with van der Waals surface area (Å²) in [5.74, 6) is 1.35. The van der Waals surface area contributed by atoms with Crippen LogP contribution in [0.1, 0.15) is 5.56 Å². The number of phenols is 1. The van der Waals surface area contributed by atoms with Gasteiger partial charge in [-0.25, -0.2) is 0 Å². The van der Waals surface area contributed by atoms with Crippen LogP contribution in [0.3, 0.4) is 0 Å². The van der Waals surface area contributed by atoms with Crippen LogP contribution in [0.4, 0.5) is 0 Å². The first-order valence-corrected chi connectivity index (χ1v) is 5.91. The summed E-state index contributed by atoms with van der Waals surface area (Å²) in [6, 6.07) is 11.7. The number of benzene rings is 2. The summed E-state index contributed by atoms with van der Waals surface area (Å²) in [5.41, 5.74) is 1.28. The average Bonchev–Trinajstić information content (AvgIpc) is 2.23. The zero-order chi connectivity index (χ0) is 9.97. The molecule has 2 aromatic carbocycles. The summed E-state index contributed by atoms with van der Waals surface area (Å²) < 4.78 is 0. The second kappa shape index (κ2) is 3.93. The molecule has 14 heavy (non-hydrogen) atoms. The van der Waals surface area contributed by atoms with Gasteiger partial charge < -0.3 is 5.11 Å². The molecule has 0 radical (unpaired) electrons. The smallest absolute Gasteiger partial charge is 0.123 e. The van der Waals surface area contributed by atoms with Gasteiger partial charge in [0.2, 0.25) is 0 Å². The third-order valence-corrected chi connectivity index (χ3v) is 2.89. The van der Waals surface area contributed by atoms with Gasteiger partial charge in [-0.3, -0.25) is 0 Å². The van der Waals surface area contributed by atoms with E-state index in [4.69, 9.17) is 0 Å². The predicted molar refractivity (Wildman–Crippen MR) is 62.8 cm³/mol. The van der Waals surface area contributed by atoms with Crippen molar-refractivity contribution in [2.75, 3.05) is 6.26 Å². The maximum atomic E-state index is 9.66. The van der Waals surface area contributed by atoms with Crippen LogP contribution >= 0.6 is 11.8 Å². The highest BCUT2D eigenvalue weighted by Gasteiger charge is 2.03. The molecule has 72 valence electrons. The van der Waals surface area contributed by atoms with Crippen LogP contribution in [0.15, 0.2) is 36.4 Å². The highest BCUT2D eigenvalue weighted by atomic mass is 32.2. The second-order valence-corrected chi connectivity index (χ2v) is 4.09. The van der Waals surface area contributed by atoms with Gasteiger partial charge in [-0.15, -0.1) is 0 Å². The molecule has 0 saturated heterocycles. The molecule has 0 unspecified atom stereocenters. The van der Waals surface area contributed by atoms with E-state index >= 15 is 0 Å². The Hall–Kier alpha value is -1.15. The maximum absolute atomic E-state index is 9.66. The summed E-state index contributed by atoms with van der Waals surface area (Å²) in [6.07, 6.45) is 2.08. The normalized spacial score (nSPS) is 10.6. The van der Waals surface area contributed by atoms with Crippen molar-refractivity contribution in [3.05, 3.63) is 42.0 Å². The van der Waals surface area contributed by atoms with Gasteiger partial charge in [0, 0.05) is 11.1 Å². The van der Waals surface area contributed by atoms with E-state index in [0.29, 0.717) is 5.75 Å². The summed E-state index contributed by atoms with van der Waals surface area (Å²) >= 11 is 1.79. The first-order valence-electron chi connectivity index (χ1n) is 4.51. The Balaban J connectivity index is 2.68. The Kier molecular flexibility index (Phi) is 2.64. The van der Waals surface area contributed by atoms with E-state index in [1.54, 1.807) is 17.8 Å². The molecule has 0 spiro atoms. The molecular weight excluding hydrogens is 192 g/mol. The fraction of sp³-hybridized carbons (Fsp3) is 0.167. The number of phenolic OH excluding ortho intramolecular Hbond substituents is 1. The molecular formula is C12H12OS. The van der Waals surface area contributed by atoms with Crippen LogP contribution < -0.4 is 0 Å². The second-order valence-electron chi connectivity index (χ2n) is 3.22. The molecule has 0 heterocycles. The molecule has 0 aliphatic rings. The molecule has 2 aromatic rings. The zero-order valence-electron chi connectivity index (χ0n) is 8.03. The number of fused-ring (bicyclic) bond motifs is 1. The molecule has 1 nitrogen and oxygen atoms in total. The standard InChI is InChI=1S/C12H12OS/c1-14-8-9-6-7-12(13)11-5-3-2-4-10(9)11/h2-7,13H,8H2,1H3. The van der Waals surface area contributed by atoms with E-state index in [-0.39, 0.29) is 0 Å². The van der Waals surface area contributed by atoms with Crippen molar-refractivity contribution in [2.24, 2.45) is 0 Å². The van der Waals surface area contributed by atoms with E-state index in [1.165, 1.54) is 5.56 Å². The molecule has 0 aliphatic heterocycles. The summed E-state index contributed by atoms with van der Waals surface area (Å²) in [6.45, 7) is 0. The van der Waals surface area contributed by atoms with Gasteiger partial charge >= 0.3 is 0 Å². The van der Waals surface area contributed by atoms with Crippen LogP contribution in [0.2, 0.25) is 0 Å². The summed E-state index contributed by atoms with van der Waals surface area (Å²) in [4.78, 5) is 0. The van der Waals surface area contributed by atoms with Gasteiger partial charge in [-0.1, -0.05) is 30.3 Å². The molecule has 0 fully saturated rings. The number of rotatable bonds is 2. The van der Waals surface area contributed by atoms with Gasteiger partial charge in [-0.05, 0) is 23.3 Å². The number of hydrogen-bond acceptors (Lipinski definition) is 2. The van der Waals surface area contributed by atoms with Crippen molar-refractivity contribution >= 4 is 22.5 Å². The van der Waals surface area contributed by atoms with Crippen LogP contribution in [-0.4, -0.2) is 11.4 Å². The molecule has 0 bridgehead atoms. The Labute approximate surface area is 87.8 Å². The lowest BCUT2D eigenvalue weighted by Gasteiger charge is -2.06. The fourth-order valence-electron chi connectivity index (χ4n) is 1.63. The van der Waals surface area contributed by atoms with E-state index in [1.807, 2.05) is 24.3 Å². The van der Waals surface area contributed by atoms with Crippen molar-refractivity contribution in [3.8, 4) is 5.75 Å². The third kappa shape index (κ3) is 1.58. The molecule has 0 amide bonds. The number of hydrogen-bond donors (Lipinski definition) is 1. The number of aromatic hydroxyl groups is 1. The van der Waals surface area contributed by atoms with Gasteiger partial charge in [-0.2, -0.15) is 11.8 Å². The topological polar surface area (TPSA) is 20.2 Å². The van der Waals surface area contributed by atoms with Gasteiger partial charge in [0.15, 0.2) is 0 Å². The van der Waals surface area contributed by atoms with Gasteiger partial charge in [0.1, 0.15) is 5.75 Å². The lowest BCUT2D eigenvalue weighted by molar-refractivity contribution is 0.481. The predicted octanol–water partition coefficient (Wildman–Crippen LogP) is 3.41. The van der Waals surface area contributed by atoms with E-state index in [2.05, 4.69) is 12.3 Å². The SMILES string of the molecule is CSCc1ccc(O)c2ccccc12. The molecule has 0 aliphatic carbocycles. The third-order valence-electron chi connectivity index (χ3n) is 2.29. The van der Waals surface area contributed by atoms with Gasteiger partial charge in [0.05, 0.1) is 0 Å². The highest BCUT2D eigenvalue weighted by molar-refractivity contribution is 7.97. The Morgan fingerprint density at radius 2 is 1.79 bits per heavy atom. The van der Waals surface area contributed by atoms with Crippen LogP contribution in [0, 0.1) is 0 Å². The van der Waals surface area contributed by atoms with Crippen LogP contribution in [0.25, 0.3) is 10.8 Å². The first-order chi connectivity index (χ1) is 6.83. The molecule has 0 saturated carbocycles. The van der Waals surface area contributed by atoms with Crippen molar-refractivity contribution < 1.29 is 5.11 Å². The van der Waals surface area contributed by atoms with Crippen molar-refractivity contribution in [2.45, 2.75) is 5.75 Å². The summed E-state index contributed by atoms with van der Waals surface area (Å²) in [7, 11) is 0. The Morgan fingerprint density at radius 3 is 2.50 bits per heavy atom. The van der Waals surface area contributed by atoms with E-state index < -0.39 is 0 Å².